The normalized spacial score (nSPS) is 11.5. The largest absolute Gasteiger partial charge is 0.349 e. The first-order valence-corrected chi connectivity index (χ1v) is 7.36. The summed E-state index contributed by atoms with van der Waals surface area (Å²) >= 11 is 0. The van der Waals surface area contributed by atoms with Crippen LogP contribution in [0.1, 0.15) is 37.2 Å². The predicted octanol–water partition coefficient (Wildman–Crippen LogP) is 2.46. The minimum atomic E-state index is -0.393. The molecule has 0 radical (unpaired) electrons. The van der Waals surface area contributed by atoms with Gasteiger partial charge in [0.2, 0.25) is 0 Å². The zero-order valence-electron chi connectivity index (χ0n) is 12.8. The van der Waals surface area contributed by atoms with Crippen molar-refractivity contribution in [1.82, 2.24) is 15.5 Å². The SMILES string of the molecule is CCC(N)(CC)CNC(=O)c1cc(-c2ccc(F)cc2)n[nH]1. The zero-order chi connectivity index (χ0) is 16.2. The van der Waals surface area contributed by atoms with Gasteiger partial charge in [0.05, 0.1) is 5.69 Å². The number of amides is 1. The van der Waals surface area contributed by atoms with Crippen LogP contribution in [0.25, 0.3) is 11.3 Å². The molecule has 0 aliphatic heterocycles. The highest BCUT2D eigenvalue weighted by Gasteiger charge is 2.21. The number of nitrogens with one attached hydrogen (secondary N) is 2. The molecular weight excluding hydrogens is 283 g/mol. The molecule has 0 unspecified atom stereocenters. The summed E-state index contributed by atoms with van der Waals surface area (Å²) in [7, 11) is 0. The van der Waals surface area contributed by atoms with Crippen molar-refractivity contribution in [3.63, 3.8) is 0 Å². The Hall–Kier alpha value is -2.21. The third kappa shape index (κ3) is 3.71. The maximum Gasteiger partial charge on any atom is 0.269 e. The van der Waals surface area contributed by atoms with E-state index in [9.17, 15) is 9.18 Å². The second-order valence-corrected chi connectivity index (χ2v) is 5.43. The Morgan fingerprint density at radius 3 is 2.55 bits per heavy atom. The Morgan fingerprint density at radius 1 is 1.32 bits per heavy atom. The second-order valence-electron chi connectivity index (χ2n) is 5.43. The fourth-order valence-electron chi connectivity index (χ4n) is 2.06. The van der Waals surface area contributed by atoms with Gasteiger partial charge < -0.3 is 11.1 Å². The molecule has 5 nitrogen and oxygen atoms in total. The van der Waals surface area contributed by atoms with Crippen molar-refractivity contribution in [2.45, 2.75) is 32.2 Å². The minimum Gasteiger partial charge on any atom is -0.349 e. The van der Waals surface area contributed by atoms with Gasteiger partial charge in [-0.2, -0.15) is 5.10 Å². The van der Waals surface area contributed by atoms with Crippen LogP contribution in [0.5, 0.6) is 0 Å². The highest BCUT2D eigenvalue weighted by molar-refractivity contribution is 5.93. The molecule has 0 saturated carbocycles. The molecule has 0 bridgehead atoms. The number of aromatic nitrogens is 2. The fraction of sp³-hybridized carbons (Fsp3) is 0.375. The molecular formula is C16H21FN4O. The second kappa shape index (κ2) is 6.70. The predicted molar refractivity (Wildman–Crippen MR) is 83.8 cm³/mol. The summed E-state index contributed by atoms with van der Waals surface area (Å²) in [6.07, 6.45) is 1.57. The average molecular weight is 304 g/mol. The van der Waals surface area contributed by atoms with E-state index < -0.39 is 5.54 Å². The lowest BCUT2D eigenvalue weighted by molar-refractivity contribution is 0.0937. The van der Waals surface area contributed by atoms with Crippen LogP contribution in [0.2, 0.25) is 0 Å². The molecule has 1 amide bonds. The number of hydrogen-bond donors (Lipinski definition) is 3. The third-order valence-electron chi connectivity index (χ3n) is 3.97. The molecule has 1 heterocycles. The van der Waals surface area contributed by atoms with Crippen LogP contribution >= 0.6 is 0 Å². The molecule has 1 aromatic carbocycles. The number of carbonyl (C=O) groups is 1. The number of nitrogens with two attached hydrogens (primary N) is 1. The van der Waals surface area contributed by atoms with E-state index >= 15 is 0 Å². The number of rotatable bonds is 6. The first-order chi connectivity index (χ1) is 10.5. The third-order valence-corrected chi connectivity index (χ3v) is 3.97. The Balaban J connectivity index is 2.05. The van der Waals surface area contributed by atoms with Crippen molar-refractivity contribution in [3.05, 3.63) is 41.8 Å². The van der Waals surface area contributed by atoms with Crippen LogP contribution < -0.4 is 11.1 Å². The van der Waals surface area contributed by atoms with Crippen molar-refractivity contribution in [1.29, 1.82) is 0 Å². The molecule has 0 saturated heterocycles. The Labute approximate surface area is 129 Å². The average Bonchev–Trinajstić information content (AvgIpc) is 3.03. The van der Waals surface area contributed by atoms with Crippen molar-refractivity contribution in [2.24, 2.45) is 5.73 Å². The maximum absolute atomic E-state index is 12.9. The van der Waals surface area contributed by atoms with Crippen LogP contribution in [0, 0.1) is 5.82 Å². The Bertz CT molecular complexity index is 632. The lowest BCUT2D eigenvalue weighted by Gasteiger charge is -2.26. The van der Waals surface area contributed by atoms with Crippen molar-refractivity contribution < 1.29 is 9.18 Å². The molecule has 4 N–H and O–H groups in total. The lowest BCUT2D eigenvalue weighted by atomic mass is 9.94. The van der Waals surface area contributed by atoms with Crippen LogP contribution in [-0.4, -0.2) is 28.2 Å². The molecule has 0 spiro atoms. The molecule has 0 fully saturated rings. The zero-order valence-corrected chi connectivity index (χ0v) is 12.8. The van der Waals surface area contributed by atoms with Crippen molar-refractivity contribution in [3.8, 4) is 11.3 Å². The number of hydrogen-bond acceptors (Lipinski definition) is 3. The van der Waals surface area contributed by atoms with E-state index in [1.54, 1.807) is 18.2 Å². The summed E-state index contributed by atoms with van der Waals surface area (Å²) in [5.41, 5.74) is 7.45. The first-order valence-electron chi connectivity index (χ1n) is 7.36. The first kappa shape index (κ1) is 16.2. The number of halogens is 1. The van der Waals surface area contributed by atoms with Gasteiger partial charge in [-0.3, -0.25) is 9.89 Å². The van der Waals surface area contributed by atoms with E-state index in [2.05, 4.69) is 15.5 Å². The number of benzene rings is 1. The van der Waals surface area contributed by atoms with E-state index in [-0.39, 0.29) is 11.7 Å². The van der Waals surface area contributed by atoms with Gasteiger partial charge in [-0.1, -0.05) is 13.8 Å². The highest BCUT2D eigenvalue weighted by atomic mass is 19.1. The van der Waals surface area contributed by atoms with E-state index in [1.807, 2.05) is 13.8 Å². The molecule has 22 heavy (non-hydrogen) atoms. The summed E-state index contributed by atoms with van der Waals surface area (Å²) < 4.78 is 12.9. The highest BCUT2D eigenvalue weighted by Crippen LogP contribution is 2.18. The van der Waals surface area contributed by atoms with Gasteiger partial charge in [0.1, 0.15) is 11.5 Å². The summed E-state index contributed by atoms with van der Waals surface area (Å²) in [4.78, 5) is 12.1. The molecule has 0 aliphatic carbocycles. The Morgan fingerprint density at radius 2 is 1.95 bits per heavy atom. The molecule has 2 aromatic rings. The molecule has 0 atom stereocenters. The lowest BCUT2D eigenvalue weighted by Crippen LogP contribution is -2.49. The number of nitrogens with zero attached hydrogens (tertiary/aromatic N) is 1. The van der Waals surface area contributed by atoms with Crippen LogP contribution in [0.3, 0.4) is 0 Å². The van der Waals surface area contributed by atoms with Gasteiger partial charge in [-0.15, -0.1) is 0 Å². The quantitative estimate of drug-likeness (QED) is 0.766. The number of carbonyl (C=O) groups excluding carboxylic acids is 1. The van der Waals surface area contributed by atoms with Gasteiger partial charge in [-0.05, 0) is 43.2 Å². The van der Waals surface area contributed by atoms with Gasteiger partial charge in [0.15, 0.2) is 0 Å². The van der Waals surface area contributed by atoms with E-state index in [0.717, 1.165) is 18.4 Å². The molecule has 2 rings (SSSR count). The van der Waals surface area contributed by atoms with Crippen molar-refractivity contribution >= 4 is 5.91 Å². The van der Waals surface area contributed by atoms with Gasteiger partial charge in [-0.25, -0.2) is 4.39 Å². The van der Waals surface area contributed by atoms with Gasteiger partial charge in [0.25, 0.3) is 5.91 Å². The van der Waals surface area contributed by atoms with Crippen LogP contribution in [0.15, 0.2) is 30.3 Å². The fourth-order valence-corrected chi connectivity index (χ4v) is 2.06. The van der Waals surface area contributed by atoms with E-state index in [0.29, 0.717) is 17.9 Å². The summed E-state index contributed by atoms with van der Waals surface area (Å²) in [6, 6.07) is 7.58. The smallest absolute Gasteiger partial charge is 0.269 e. The molecule has 6 heteroatoms. The summed E-state index contributed by atoms with van der Waals surface area (Å²) in [5.74, 6) is -0.562. The van der Waals surface area contributed by atoms with E-state index in [1.165, 1.54) is 12.1 Å². The standard InChI is InChI=1S/C16H21FN4O/c1-3-16(18,4-2)10-19-15(22)14-9-13(20-21-14)11-5-7-12(17)8-6-11/h5-9H,3-4,10,18H2,1-2H3,(H,19,22)(H,20,21). The van der Waals surface area contributed by atoms with Crippen LogP contribution in [0.4, 0.5) is 4.39 Å². The van der Waals surface area contributed by atoms with Gasteiger partial charge in [0, 0.05) is 17.6 Å². The monoisotopic (exact) mass is 304 g/mol. The summed E-state index contributed by atoms with van der Waals surface area (Å²) in [6.45, 7) is 4.40. The van der Waals surface area contributed by atoms with Crippen LogP contribution in [-0.2, 0) is 0 Å². The topological polar surface area (TPSA) is 83.8 Å². The van der Waals surface area contributed by atoms with Gasteiger partial charge >= 0.3 is 0 Å². The molecule has 118 valence electrons. The van der Waals surface area contributed by atoms with E-state index in [4.69, 9.17) is 5.73 Å². The summed E-state index contributed by atoms with van der Waals surface area (Å²) in [5, 5.41) is 9.60. The maximum atomic E-state index is 12.9. The minimum absolute atomic E-state index is 0.252. The van der Waals surface area contributed by atoms with Crippen molar-refractivity contribution in [2.75, 3.05) is 6.54 Å². The number of H-pyrrole nitrogens is 1. The molecule has 1 aromatic heterocycles. The molecule has 0 aliphatic rings. The number of aromatic amines is 1. The Kier molecular flexibility index (Phi) is 4.92.